The molecule has 0 saturated carbocycles. The molecule has 0 aromatic heterocycles. The van der Waals surface area contributed by atoms with E-state index in [2.05, 4.69) is 37.4 Å². The number of rotatable bonds is 2. The molecule has 1 aromatic rings. The lowest BCUT2D eigenvalue weighted by Gasteiger charge is -2.35. The molecule has 0 bridgehead atoms. The number of hydrogen-bond donors (Lipinski definition) is 1. The summed E-state index contributed by atoms with van der Waals surface area (Å²) in [6.07, 6.45) is 2.37. The smallest absolute Gasteiger partial charge is 0.122 e. The number of piperidine rings is 1. The summed E-state index contributed by atoms with van der Waals surface area (Å²) in [5.74, 6) is 1.04. The first-order valence-corrected chi connectivity index (χ1v) is 6.01. The first-order chi connectivity index (χ1) is 7.65. The van der Waals surface area contributed by atoms with Crippen molar-refractivity contribution in [3.05, 3.63) is 29.3 Å². The second kappa shape index (κ2) is 4.46. The summed E-state index contributed by atoms with van der Waals surface area (Å²) in [6, 6.07) is 6.49. The van der Waals surface area contributed by atoms with Crippen LogP contribution in [0.25, 0.3) is 0 Å². The Kier molecular flexibility index (Phi) is 3.20. The Morgan fingerprint density at radius 3 is 2.56 bits per heavy atom. The van der Waals surface area contributed by atoms with Crippen molar-refractivity contribution in [1.82, 2.24) is 5.32 Å². The lowest BCUT2D eigenvalue weighted by Crippen LogP contribution is -2.37. The lowest BCUT2D eigenvalue weighted by molar-refractivity contribution is 0.317. The van der Waals surface area contributed by atoms with Gasteiger partial charge >= 0.3 is 0 Å². The molecule has 1 fully saturated rings. The van der Waals surface area contributed by atoms with Gasteiger partial charge in [-0.2, -0.15) is 0 Å². The molecule has 0 atom stereocenters. The molecule has 2 nitrogen and oxygen atoms in total. The second-order valence-corrected chi connectivity index (χ2v) is 5.01. The molecule has 1 aliphatic rings. The third-order valence-corrected chi connectivity index (χ3v) is 3.71. The maximum absolute atomic E-state index is 5.50. The highest BCUT2D eigenvalue weighted by atomic mass is 16.5. The highest BCUT2D eigenvalue weighted by Gasteiger charge is 2.31. The van der Waals surface area contributed by atoms with Crippen LogP contribution in [0.15, 0.2) is 18.2 Å². The van der Waals surface area contributed by atoms with Gasteiger partial charge in [0, 0.05) is 5.56 Å². The largest absolute Gasteiger partial charge is 0.496 e. The van der Waals surface area contributed by atoms with Crippen molar-refractivity contribution in [2.45, 2.75) is 32.1 Å². The van der Waals surface area contributed by atoms with Gasteiger partial charge in [-0.1, -0.05) is 24.6 Å². The van der Waals surface area contributed by atoms with Crippen molar-refractivity contribution in [1.29, 1.82) is 0 Å². The number of hydrogen-bond acceptors (Lipinski definition) is 2. The van der Waals surface area contributed by atoms with E-state index in [0.717, 1.165) is 18.8 Å². The second-order valence-electron chi connectivity index (χ2n) is 5.01. The van der Waals surface area contributed by atoms with Gasteiger partial charge < -0.3 is 10.1 Å². The van der Waals surface area contributed by atoms with E-state index >= 15 is 0 Å². The maximum atomic E-state index is 5.50. The molecule has 1 saturated heterocycles. The molecular formula is C14H21NO. The fourth-order valence-corrected chi connectivity index (χ4v) is 2.54. The predicted molar refractivity (Wildman–Crippen MR) is 67.2 cm³/mol. The summed E-state index contributed by atoms with van der Waals surface area (Å²) in [4.78, 5) is 0. The zero-order valence-corrected chi connectivity index (χ0v) is 10.5. The minimum atomic E-state index is 0.266. The fraction of sp³-hybridized carbons (Fsp3) is 0.571. The summed E-state index contributed by atoms with van der Waals surface area (Å²) in [7, 11) is 1.76. The number of methoxy groups -OCH3 is 1. The Balaban J connectivity index is 2.40. The number of nitrogens with one attached hydrogen (secondary N) is 1. The molecule has 16 heavy (non-hydrogen) atoms. The molecular weight excluding hydrogens is 198 g/mol. The normalized spacial score (nSPS) is 19.4. The van der Waals surface area contributed by atoms with E-state index in [1.54, 1.807) is 7.11 Å². The highest BCUT2D eigenvalue weighted by molar-refractivity contribution is 5.42. The Morgan fingerprint density at radius 2 is 1.94 bits per heavy atom. The SMILES string of the molecule is COc1ccc(C)cc1C1(C)CCNCC1. The minimum Gasteiger partial charge on any atom is -0.496 e. The van der Waals surface area contributed by atoms with Gasteiger partial charge in [0.25, 0.3) is 0 Å². The quantitative estimate of drug-likeness (QED) is 0.825. The Hall–Kier alpha value is -1.02. The summed E-state index contributed by atoms with van der Waals surface area (Å²) >= 11 is 0. The van der Waals surface area contributed by atoms with E-state index in [9.17, 15) is 0 Å². The van der Waals surface area contributed by atoms with E-state index in [1.165, 1.54) is 24.0 Å². The van der Waals surface area contributed by atoms with Gasteiger partial charge in [0.2, 0.25) is 0 Å². The van der Waals surface area contributed by atoms with Crippen molar-refractivity contribution in [2.75, 3.05) is 20.2 Å². The molecule has 0 spiro atoms. The van der Waals surface area contributed by atoms with Gasteiger partial charge in [-0.05, 0) is 44.3 Å². The first-order valence-electron chi connectivity index (χ1n) is 6.01. The third kappa shape index (κ3) is 2.07. The molecule has 88 valence electrons. The zero-order chi connectivity index (χ0) is 11.6. The van der Waals surface area contributed by atoms with Crippen molar-refractivity contribution in [3.63, 3.8) is 0 Å². The van der Waals surface area contributed by atoms with Crippen LogP contribution in [0.5, 0.6) is 5.75 Å². The summed E-state index contributed by atoms with van der Waals surface area (Å²) in [5.41, 5.74) is 2.95. The summed E-state index contributed by atoms with van der Waals surface area (Å²) < 4.78 is 5.50. The highest BCUT2D eigenvalue weighted by Crippen LogP contribution is 2.38. The number of ether oxygens (including phenoxy) is 1. The average Bonchev–Trinajstić information content (AvgIpc) is 2.30. The molecule has 0 aliphatic carbocycles. The van der Waals surface area contributed by atoms with Crippen LogP contribution in [0.4, 0.5) is 0 Å². The Morgan fingerprint density at radius 1 is 1.25 bits per heavy atom. The van der Waals surface area contributed by atoms with E-state index in [-0.39, 0.29) is 5.41 Å². The molecule has 0 unspecified atom stereocenters. The van der Waals surface area contributed by atoms with Crippen LogP contribution in [0.3, 0.4) is 0 Å². The van der Waals surface area contributed by atoms with Crippen LogP contribution >= 0.6 is 0 Å². The lowest BCUT2D eigenvalue weighted by atomic mass is 9.74. The van der Waals surface area contributed by atoms with Crippen LogP contribution in [0.1, 0.15) is 30.9 Å². The van der Waals surface area contributed by atoms with Crippen LogP contribution in [-0.4, -0.2) is 20.2 Å². The van der Waals surface area contributed by atoms with Gasteiger partial charge in [-0.25, -0.2) is 0 Å². The van der Waals surface area contributed by atoms with Crippen molar-refractivity contribution >= 4 is 0 Å². The van der Waals surface area contributed by atoms with E-state index in [4.69, 9.17) is 4.74 Å². The van der Waals surface area contributed by atoms with Crippen molar-refractivity contribution < 1.29 is 4.74 Å². The van der Waals surface area contributed by atoms with E-state index < -0.39 is 0 Å². The van der Waals surface area contributed by atoms with Crippen LogP contribution in [0, 0.1) is 6.92 Å². The predicted octanol–water partition coefficient (Wildman–Crippen LogP) is 2.64. The van der Waals surface area contributed by atoms with Gasteiger partial charge in [0.1, 0.15) is 5.75 Å². The van der Waals surface area contributed by atoms with Crippen LogP contribution < -0.4 is 10.1 Å². The van der Waals surface area contributed by atoms with E-state index in [1.807, 2.05) is 0 Å². The average molecular weight is 219 g/mol. The molecule has 0 amide bonds. The molecule has 1 aromatic carbocycles. The van der Waals surface area contributed by atoms with Crippen molar-refractivity contribution in [2.24, 2.45) is 0 Å². The van der Waals surface area contributed by atoms with Crippen LogP contribution in [0.2, 0.25) is 0 Å². The monoisotopic (exact) mass is 219 g/mol. The summed E-state index contributed by atoms with van der Waals surface area (Å²) in [6.45, 7) is 6.71. The van der Waals surface area contributed by atoms with Gasteiger partial charge in [0.05, 0.1) is 7.11 Å². The summed E-state index contributed by atoms with van der Waals surface area (Å²) in [5, 5.41) is 3.42. The number of aryl methyl sites for hydroxylation is 1. The van der Waals surface area contributed by atoms with Gasteiger partial charge in [-0.3, -0.25) is 0 Å². The maximum Gasteiger partial charge on any atom is 0.122 e. The standard InChI is InChI=1S/C14H21NO/c1-11-4-5-13(16-3)12(10-11)14(2)6-8-15-9-7-14/h4-5,10,15H,6-9H2,1-3H3. The minimum absolute atomic E-state index is 0.266. The van der Waals surface area contributed by atoms with Gasteiger partial charge in [0.15, 0.2) is 0 Å². The number of benzene rings is 1. The van der Waals surface area contributed by atoms with Crippen molar-refractivity contribution in [3.8, 4) is 5.75 Å². The molecule has 2 heteroatoms. The van der Waals surface area contributed by atoms with Gasteiger partial charge in [-0.15, -0.1) is 0 Å². The van der Waals surface area contributed by atoms with E-state index in [0.29, 0.717) is 0 Å². The molecule has 1 aliphatic heterocycles. The molecule has 1 heterocycles. The zero-order valence-electron chi connectivity index (χ0n) is 10.5. The van der Waals surface area contributed by atoms with Crippen LogP contribution in [-0.2, 0) is 5.41 Å². The molecule has 2 rings (SSSR count). The Labute approximate surface area is 98.0 Å². The fourth-order valence-electron chi connectivity index (χ4n) is 2.54. The first kappa shape index (κ1) is 11.5. The molecule has 1 N–H and O–H groups in total. The third-order valence-electron chi connectivity index (χ3n) is 3.71. The topological polar surface area (TPSA) is 21.3 Å². The Bertz CT molecular complexity index is 367. The molecule has 0 radical (unpaired) electrons.